The number of rotatable bonds is 10. The highest BCUT2D eigenvalue weighted by molar-refractivity contribution is 6.34. The van der Waals surface area contributed by atoms with Crippen LogP contribution in [0.2, 0.25) is 5.02 Å². The summed E-state index contributed by atoms with van der Waals surface area (Å²) in [5.74, 6) is 0.855. The average molecular weight is 824 g/mol. The van der Waals surface area contributed by atoms with Gasteiger partial charge in [-0.25, -0.2) is 18.7 Å². The number of fused-ring (bicyclic) bond motifs is 2. The largest absolute Gasteiger partial charge is 0.385 e. The highest BCUT2D eigenvalue weighted by Crippen LogP contribution is 2.48. The van der Waals surface area contributed by atoms with E-state index < -0.39 is 18.2 Å². The van der Waals surface area contributed by atoms with Gasteiger partial charge in [-0.2, -0.15) is 0 Å². The molecule has 1 spiro atoms. The van der Waals surface area contributed by atoms with Crippen molar-refractivity contribution in [3.63, 3.8) is 0 Å². The molecule has 10 rings (SSSR count). The molecular formula is C43H51ClFN11O3. The van der Waals surface area contributed by atoms with Gasteiger partial charge in [-0.05, 0) is 73.4 Å². The van der Waals surface area contributed by atoms with E-state index in [0.717, 1.165) is 87.6 Å². The molecule has 2 aromatic heterocycles. The molecular weight excluding hydrogens is 773 g/mol. The van der Waals surface area contributed by atoms with Gasteiger partial charge in [0.2, 0.25) is 5.91 Å². The Morgan fingerprint density at radius 2 is 1.73 bits per heavy atom. The molecule has 0 unspecified atom stereocenters. The number of nitrogens with zero attached hydrogens (tertiary/aromatic N) is 8. The second-order valence-electron chi connectivity index (χ2n) is 17.5. The summed E-state index contributed by atoms with van der Waals surface area (Å²) in [5.41, 5.74) is 7.59. The standard InChI is InChI=1S/C43H51ClFN11O3/c1-46-34-21-38(50-56-37(22-47-40(34)56)41(58)48-33-20-32(33)45)54-13-9-30-28(3-2-4-35(30)54)24-52-17-15-51(16-18-52)23-27-7-11-43(12-8-27)25-53(26-43)29-5-6-36(31(44)19-29)55-14-10-39(57)49-42(55)59/h2-6,19,21-22,27,32-33,46H,7-18,20,23-26H2,1H3,(H,48,58)(H,49,57,59)/t32-,33+/m0/s1. The molecule has 6 heterocycles. The average Bonchev–Trinajstić information content (AvgIpc) is 3.54. The Hall–Kier alpha value is -4.99. The Morgan fingerprint density at radius 3 is 2.46 bits per heavy atom. The molecule has 2 aromatic carbocycles. The first-order chi connectivity index (χ1) is 28.6. The van der Waals surface area contributed by atoms with Crippen molar-refractivity contribution in [1.82, 2.24) is 35.0 Å². The summed E-state index contributed by atoms with van der Waals surface area (Å²) in [6.45, 7) is 9.61. The fourth-order valence-electron chi connectivity index (χ4n) is 10.1. The van der Waals surface area contributed by atoms with Gasteiger partial charge in [0.05, 0.1) is 28.6 Å². The van der Waals surface area contributed by atoms with Crippen molar-refractivity contribution in [2.45, 2.75) is 63.7 Å². The molecule has 16 heteroatoms. The fraction of sp³-hybridized carbons (Fsp3) is 0.512. The summed E-state index contributed by atoms with van der Waals surface area (Å²) >= 11 is 6.66. The summed E-state index contributed by atoms with van der Waals surface area (Å²) < 4.78 is 15.1. The number of amides is 4. The van der Waals surface area contributed by atoms with Gasteiger partial charge >= 0.3 is 6.03 Å². The molecule has 2 saturated carbocycles. The van der Waals surface area contributed by atoms with Crippen molar-refractivity contribution >= 4 is 63.7 Å². The van der Waals surface area contributed by atoms with Crippen molar-refractivity contribution in [1.29, 1.82) is 0 Å². The van der Waals surface area contributed by atoms with E-state index >= 15 is 0 Å². The number of alkyl halides is 1. The molecule has 310 valence electrons. The monoisotopic (exact) mass is 823 g/mol. The van der Waals surface area contributed by atoms with Gasteiger partial charge in [0.25, 0.3) is 5.91 Å². The molecule has 4 amide bonds. The van der Waals surface area contributed by atoms with Crippen molar-refractivity contribution in [3.8, 4) is 0 Å². The van der Waals surface area contributed by atoms with Crippen molar-refractivity contribution in [3.05, 3.63) is 70.5 Å². The number of carbonyl (C=O) groups is 3. The van der Waals surface area contributed by atoms with Crippen LogP contribution in [0, 0.1) is 11.3 Å². The maximum atomic E-state index is 13.6. The first-order valence-corrected chi connectivity index (χ1v) is 21.5. The van der Waals surface area contributed by atoms with Gasteiger partial charge < -0.3 is 25.3 Å². The van der Waals surface area contributed by atoms with Gasteiger partial charge in [0.15, 0.2) is 17.2 Å². The van der Waals surface area contributed by atoms with E-state index in [2.05, 4.69) is 58.7 Å². The van der Waals surface area contributed by atoms with Crippen LogP contribution in [0.5, 0.6) is 0 Å². The number of imidazole rings is 1. The Labute approximate surface area is 348 Å². The number of aromatic nitrogens is 3. The second kappa shape index (κ2) is 15.2. The van der Waals surface area contributed by atoms with Crippen molar-refractivity contribution < 1.29 is 18.8 Å². The maximum absolute atomic E-state index is 13.6. The van der Waals surface area contributed by atoms with E-state index in [1.165, 1.54) is 49.6 Å². The number of imide groups is 1. The number of nitrogens with one attached hydrogen (secondary N) is 3. The van der Waals surface area contributed by atoms with Crippen LogP contribution in [-0.2, 0) is 17.8 Å². The fourth-order valence-corrected chi connectivity index (χ4v) is 10.3. The van der Waals surface area contributed by atoms with Gasteiger partial charge in [0, 0.05) is 108 Å². The predicted molar refractivity (Wildman–Crippen MR) is 226 cm³/mol. The smallest absolute Gasteiger partial charge is 0.328 e. The third-order valence-corrected chi connectivity index (χ3v) is 13.9. The Bertz CT molecular complexity index is 2300. The second-order valence-corrected chi connectivity index (χ2v) is 17.9. The number of urea groups is 1. The van der Waals surface area contributed by atoms with Crippen molar-refractivity contribution in [2.75, 3.05) is 86.0 Å². The minimum Gasteiger partial charge on any atom is -0.385 e. The van der Waals surface area contributed by atoms with E-state index in [0.29, 0.717) is 40.4 Å². The molecule has 4 aliphatic heterocycles. The minimum atomic E-state index is -0.986. The van der Waals surface area contributed by atoms with Crippen LogP contribution in [0.15, 0.2) is 48.7 Å². The highest BCUT2D eigenvalue weighted by Gasteiger charge is 2.45. The normalized spacial score (nSPS) is 23.4. The number of hydrogen-bond acceptors (Lipinski definition) is 10. The van der Waals surface area contributed by atoms with E-state index in [9.17, 15) is 18.8 Å². The van der Waals surface area contributed by atoms with Crippen LogP contribution in [0.4, 0.5) is 37.8 Å². The van der Waals surface area contributed by atoms with Crippen LogP contribution in [0.3, 0.4) is 0 Å². The third-order valence-electron chi connectivity index (χ3n) is 13.6. The lowest BCUT2D eigenvalue weighted by Crippen LogP contribution is -2.58. The number of hydrogen-bond donors (Lipinski definition) is 3. The zero-order chi connectivity index (χ0) is 40.4. The summed E-state index contributed by atoms with van der Waals surface area (Å²) in [7, 11) is 1.83. The van der Waals surface area contributed by atoms with E-state index in [-0.39, 0.29) is 18.2 Å². The summed E-state index contributed by atoms with van der Waals surface area (Å²) in [4.78, 5) is 52.8. The van der Waals surface area contributed by atoms with Gasteiger partial charge in [0.1, 0.15) is 6.17 Å². The molecule has 2 aliphatic carbocycles. The SMILES string of the molecule is CNc1cc(N2CCc3c(CN4CCN(CC5CCC6(CC5)CN(c5ccc(N7CCC(=O)NC7=O)c(Cl)c5)C6)CC4)cccc32)nn2c(C(=O)N[C@@H]3C[C@@H]3F)cnc12. The van der Waals surface area contributed by atoms with E-state index in [1.54, 1.807) is 9.42 Å². The number of anilines is 5. The first-order valence-electron chi connectivity index (χ1n) is 21.1. The Balaban J connectivity index is 0.709. The predicted octanol–water partition coefficient (Wildman–Crippen LogP) is 5.22. The first kappa shape index (κ1) is 38.2. The molecule has 3 saturated heterocycles. The zero-order valence-corrected chi connectivity index (χ0v) is 34.2. The van der Waals surface area contributed by atoms with E-state index in [1.807, 2.05) is 31.3 Å². The topological polar surface area (TPSA) is 134 Å². The number of halogens is 2. The molecule has 6 aliphatic rings. The van der Waals surface area contributed by atoms with Gasteiger partial charge in [-0.3, -0.25) is 24.7 Å². The van der Waals surface area contributed by atoms with Crippen molar-refractivity contribution in [2.24, 2.45) is 11.3 Å². The molecule has 3 N–H and O–H groups in total. The van der Waals surface area contributed by atoms with Crippen LogP contribution >= 0.6 is 11.6 Å². The maximum Gasteiger partial charge on any atom is 0.328 e. The highest BCUT2D eigenvalue weighted by atomic mass is 35.5. The third kappa shape index (κ3) is 7.35. The van der Waals surface area contributed by atoms with Crippen LogP contribution in [0.1, 0.15) is 60.1 Å². The molecule has 5 fully saturated rings. The lowest BCUT2D eigenvalue weighted by Gasteiger charge is -2.55. The molecule has 4 aromatic rings. The summed E-state index contributed by atoms with van der Waals surface area (Å²) in [6, 6.07) is 13.6. The Morgan fingerprint density at radius 1 is 0.966 bits per heavy atom. The quantitative estimate of drug-likeness (QED) is 0.196. The summed E-state index contributed by atoms with van der Waals surface area (Å²) in [5, 5.41) is 13.8. The molecule has 14 nitrogen and oxygen atoms in total. The molecule has 0 radical (unpaired) electrons. The number of piperazine rings is 1. The summed E-state index contributed by atoms with van der Waals surface area (Å²) in [6.07, 6.45) is 7.13. The molecule has 0 bridgehead atoms. The lowest BCUT2D eigenvalue weighted by atomic mass is 9.65. The zero-order valence-electron chi connectivity index (χ0n) is 33.4. The lowest BCUT2D eigenvalue weighted by molar-refractivity contribution is -0.120. The van der Waals surface area contributed by atoms with Crippen LogP contribution in [0.25, 0.3) is 5.65 Å². The van der Waals surface area contributed by atoms with E-state index in [4.69, 9.17) is 16.7 Å². The van der Waals surface area contributed by atoms with Crippen LogP contribution in [-0.4, -0.2) is 120 Å². The molecule has 2 atom stereocenters. The van der Waals surface area contributed by atoms with Gasteiger partial charge in [-0.1, -0.05) is 23.7 Å². The van der Waals surface area contributed by atoms with Crippen LogP contribution < -0.4 is 30.7 Å². The number of carbonyl (C=O) groups excluding carboxylic acids is 3. The number of benzene rings is 2. The Kier molecular flexibility index (Phi) is 9.87. The minimum absolute atomic E-state index is 0.252. The molecule has 59 heavy (non-hydrogen) atoms. The van der Waals surface area contributed by atoms with Gasteiger partial charge in [-0.15, -0.1) is 5.10 Å².